The Bertz CT molecular complexity index is 616. The fraction of sp³-hybridized carbons (Fsp3) is 0.214. The van der Waals surface area contributed by atoms with Crippen LogP contribution in [0.15, 0.2) is 36.7 Å². The molecule has 0 aliphatic carbocycles. The molecular weight excluding hydrogens is 256 g/mol. The predicted octanol–water partition coefficient (Wildman–Crippen LogP) is 1.48. The minimum Gasteiger partial charge on any atom is -0.464 e. The Hall–Kier alpha value is -2.63. The number of methoxy groups -OCH3 is 1. The molecule has 6 heteroatoms. The van der Waals surface area contributed by atoms with E-state index >= 15 is 0 Å². The van der Waals surface area contributed by atoms with E-state index in [0.29, 0.717) is 18.1 Å². The smallest absolute Gasteiger partial charge is 0.358 e. The molecule has 0 saturated carbocycles. The minimum atomic E-state index is -0.503. The number of carbonyl (C=O) groups is 1. The number of nitrogens with two attached hydrogens (primary N) is 1. The molecule has 0 aliphatic heterocycles. The molecule has 20 heavy (non-hydrogen) atoms. The molecule has 6 nitrogen and oxygen atoms in total. The molecule has 2 aromatic rings. The zero-order valence-corrected chi connectivity index (χ0v) is 11.4. The van der Waals surface area contributed by atoms with Gasteiger partial charge in [-0.2, -0.15) is 0 Å². The van der Waals surface area contributed by atoms with Crippen LogP contribution in [0.25, 0.3) is 0 Å². The van der Waals surface area contributed by atoms with Crippen molar-refractivity contribution in [3.63, 3.8) is 0 Å². The van der Waals surface area contributed by atoms with Crippen LogP contribution in [0, 0.1) is 0 Å². The van der Waals surface area contributed by atoms with E-state index in [4.69, 9.17) is 5.73 Å². The molecule has 2 rings (SSSR count). The predicted molar refractivity (Wildman–Crippen MR) is 76.3 cm³/mol. The van der Waals surface area contributed by atoms with Crippen molar-refractivity contribution in [2.75, 3.05) is 24.8 Å². The molecule has 0 radical (unpaired) electrons. The van der Waals surface area contributed by atoms with E-state index in [0.717, 1.165) is 5.56 Å². The second kappa shape index (κ2) is 6.01. The summed E-state index contributed by atoms with van der Waals surface area (Å²) in [7, 11) is 3.18. The lowest BCUT2D eigenvalue weighted by Crippen LogP contribution is -2.19. The van der Waals surface area contributed by atoms with Crippen molar-refractivity contribution in [2.45, 2.75) is 6.54 Å². The summed E-state index contributed by atoms with van der Waals surface area (Å²) in [5.41, 5.74) is 7.70. The van der Waals surface area contributed by atoms with E-state index < -0.39 is 5.97 Å². The van der Waals surface area contributed by atoms with Gasteiger partial charge in [0.15, 0.2) is 5.69 Å². The zero-order chi connectivity index (χ0) is 14.5. The average molecular weight is 272 g/mol. The number of benzene rings is 1. The SMILES string of the molecule is COC(=O)c1cncc(N(C)Cc2cccc(N)c2)n1. The van der Waals surface area contributed by atoms with Crippen LogP contribution in [-0.2, 0) is 11.3 Å². The highest BCUT2D eigenvalue weighted by Gasteiger charge is 2.11. The second-order valence-electron chi connectivity index (χ2n) is 4.36. The quantitative estimate of drug-likeness (QED) is 0.670. The van der Waals surface area contributed by atoms with E-state index in [1.165, 1.54) is 13.3 Å². The third-order valence-corrected chi connectivity index (χ3v) is 2.78. The Kier molecular flexibility index (Phi) is 4.14. The van der Waals surface area contributed by atoms with Gasteiger partial charge < -0.3 is 15.4 Å². The first-order valence-corrected chi connectivity index (χ1v) is 6.06. The Balaban J connectivity index is 2.17. The molecule has 0 spiro atoms. The molecule has 0 amide bonds. The summed E-state index contributed by atoms with van der Waals surface area (Å²) in [6.07, 6.45) is 2.97. The summed E-state index contributed by atoms with van der Waals surface area (Å²) in [4.78, 5) is 21.5. The van der Waals surface area contributed by atoms with Gasteiger partial charge in [-0.15, -0.1) is 0 Å². The lowest BCUT2D eigenvalue weighted by molar-refractivity contribution is 0.0593. The van der Waals surface area contributed by atoms with Crippen molar-refractivity contribution in [1.82, 2.24) is 9.97 Å². The van der Waals surface area contributed by atoms with Gasteiger partial charge in [-0.25, -0.2) is 9.78 Å². The average Bonchev–Trinajstić information content (AvgIpc) is 2.46. The van der Waals surface area contributed by atoms with Crippen LogP contribution in [0.3, 0.4) is 0 Å². The first-order valence-electron chi connectivity index (χ1n) is 6.06. The maximum Gasteiger partial charge on any atom is 0.358 e. The fourth-order valence-electron chi connectivity index (χ4n) is 1.79. The number of ether oxygens (including phenoxy) is 1. The lowest BCUT2D eigenvalue weighted by Gasteiger charge is -2.18. The molecule has 0 bridgehead atoms. The summed E-state index contributed by atoms with van der Waals surface area (Å²) >= 11 is 0. The number of hydrogen-bond acceptors (Lipinski definition) is 6. The molecule has 0 atom stereocenters. The molecule has 2 N–H and O–H groups in total. The number of hydrogen-bond donors (Lipinski definition) is 1. The van der Waals surface area contributed by atoms with Crippen molar-refractivity contribution >= 4 is 17.5 Å². The van der Waals surface area contributed by atoms with Gasteiger partial charge in [0.25, 0.3) is 0 Å². The van der Waals surface area contributed by atoms with E-state index in [1.807, 2.05) is 36.2 Å². The summed E-state index contributed by atoms with van der Waals surface area (Å²) in [6.45, 7) is 0.615. The van der Waals surface area contributed by atoms with Gasteiger partial charge in [-0.1, -0.05) is 12.1 Å². The van der Waals surface area contributed by atoms with Crippen molar-refractivity contribution in [3.8, 4) is 0 Å². The fourth-order valence-corrected chi connectivity index (χ4v) is 1.79. The first kappa shape index (κ1) is 13.8. The number of carbonyl (C=O) groups excluding carboxylic acids is 1. The van der Waals surface area contributed by atoms with Gasteiger partial charge >= 0.3 is 5.97 Å². The summed E-state index contributed by atoms with van der Waals surface area (Å²) in [5, 5.41) is 0. The summed E-state index contributed by atoms with van der Waals surface area (Å²) in [6, 6.07) is 7.61. The van der Waals surface area contributed by atoms with E-state index in [-0.39, 0.29) is 5.69 Å². The highest BCUT2D eigenvalue weighted by atomic mass is 16.5. The van der Waals surface area contributed by atoms with Crippen molar-refractivity contribution < 1.29 is 9.53 Å². The van der Waals surface area contributed by atoms with Crippen LogP contribution in [-0.4, -0.2) is 30.1 Å². The summed E-state index contributed by atoms with van der Waals surface area (Å²) < 4.78 is 4.63. The molecule has 0 aliphatic rings. The Morgan fingerprint density at radius 1 is 1.40 bits per heavy atom. The number of nitrogen functional groups attached to an aromatic ring is 1. The van der Waals surface area contributed by atoms with E-state index in [9.17, 15) is 4.79 Å². The number of rotatable bonds is 4. The van der Waals surface area contributed by atoms with Gasteiger partial charge in [-0.05, 0) is 17.7 Å². The van der Waals surface area contributed by atoms with Gasteiger partial charge in [0, 0.05) is 19.3 Å². The molecule has 1 aromatic carbocycles. The third kappa shape index (κ3) is 3.23. The van der Waals surface area contributed by atoms with E-state index in [1.54, 1.807) is 6.20 Å². The zero-order valence-electron chi connectivity index (χ0n) is 11.4. The van der Waals surface area contributed by atoms with Crippen molar-refractivity contribution in [3.05, 3.63) is 47.9 Å². The molecule has 0 saturated heterocycles. The Labute approximate surface area is 117 Å². The van der Waals surface area contributed by atoms with Crippen molar-refractivity contribution in [1.29, 1.82) is 0 Å². The lowest BCUT2D eigenvalue weighted by atomic mass is 10.2. The molecule has 1 aromatic heterocycles. The van der Waals surface area contributed by atoms with Crippen LogP contribution >= 0.6 is 0 Å². The second-order valence-corrected chi connectivity index (χ2v) is 4.36. The van der Waals surface area contributed by atoms with Crippen LogP contribution in [0.5, 0.6) is 0 Å². The van der Waals surface area contributed by atoms with Gasteiger partial charge in [-0.3, -0.25) is 4.98 Å². The van der Waals surface area contributed by atoms with Gasteiger partial charge in [0.1, 0.15) is 5.82 Å². The van der Waals surface area contributed by atoms with Crippen LogP contribution in [0.1, 0.15) is 16.1 Å². The molecule has 0 unspecified atom stereocenters. The topological polar surface area (TPSA) is 81.3 Å². The highest BCUT2D eigenvalue weighted by Crippen LogP contribution is 2.14. The first-order chi connectivity index (χ1) is 9.60. The number of anilines is 2. The van der Waals surface area contributed by atoms with Crippen LogP contribution in [0.2, 0.25) is 0 Å². The number of nitrogens with zero attached hydrogens (tertiary/aromatic N) is 3. The Morgan fingerprint density at radius 2 is 2.20 bits per heavy atom. The minimum absolute atomic E-state index is 0.185. The largest absolute Gasteiger partial charge is 0.464 e. The third-order valence-electron chi connectivity index (χ3n) is 2.78. The molecular formula is C14H16N4O2. The molecule has 1 heterocycles. The van der Waals surface area contributed by atoms with Crippen LogP contribution in [0.4, 0.5) is 11.5 Å². The molecule has 104 valence electrons. The standard InChI is InChI=1S/C14H16N4O2/c1-18(9-10-4-3-5-11(15)6-10)13-8-16-7-12(17-13)14(19)20-2/h3-8H,9,15H2,1-2H3. The maximum atomic E-state index is 11.4. The molecule has 0 fully saturated rings. The van der Waals surface area contributed by atoms with E-state index in [2.05, 4.69) is 14.7 Å². The number of aromatic nitrogens is 2. The summed E-state index contributed by atoms with van der Waals surface area (Å²) in [5.74, 6) is 0.0898. The van der Waals surface area contributed by atoms with Crippen molar-refractivity contribution in [2.24, 2.45) is 0 Å². The Morgan fingerprint density at radius 3 is 2.90 bits per heavy atom. The number of esters is 1. The normalized spacial score (nSPS) is 10.1. The highest BCUT2D eigenvalue weighted by molar-refractivity contribution is 5.87. The monoisotopic (exact) mass is 272 g/mol. The van der Waals surface area contributed by atoms with Crippen LogP contribution < -0.4 is 10.6 Å². The van der Waals surface area contributed by atoms with Gasteiger partial charge in [0.05, 0.1) is 19.5 Å². The maximum absolute atomic E-state index is 11.4. The van der Waals surface area contributed by atoms with Gasteiger partial charge in [0.2, 0.25) is 0 Å².